The zero-order valence-electron chi connectivity index (χ0n) is 8.69. The highest BCUT2D eigenvalue weighted by Crippen LogP contribution is 1.93. The van der Waals surface area contributed by atoms with E-state index in [0.717, 1.165) is 6.42 Å². The third-order valence-corrected chi connectivity index (χ3v) is 2.13. The van der Waals surface area contributed by atoms with Gasteiger partial charge >= 0.3 is 5.69 Å². The molecule has 0 atom stereocenters. The Morgan fingerprint density at radius 1 is 1.29 bits per heavy atom. The number of aryl methyl sites for hydroxylation is 1. The molecule has 78 valence electrons. The molecule has 4 nitrogen and oxygen atoms in total. The Balaban J connectivity index is 2.72. The number of nitrogens with zero attached hydrogens (tertiary/aromatic N) is 2. The molecule has 0 radical (unpaired) electrons. The van der Waals surface area contributed by atoms with E-state index in [2.05, 4.69) is 0 Å². The van der Waals surface area contributed by atoms with E-state index in [1.54, 1.807) is 17.0 Å². The lowest BCUT2D eigenvalue weighted by Crippen LogP contribution is -2.26. The maximum Gasteiger partial charge on any atom is 0.328 e. The Morgan fingerprint density at radius 2 is 1.93 bits per heavy atom. The molecule has 0 unspecified atom stereocenters. The molecule has 0 aliphatic carbocycles. The highest BCUT2D eigenvalue weighted by molar-refractivity contribution is 5.78. The number of imidazole rings is 1. The van der Waals surface area contributed by atoms with Gasteiger partial charge in [0, 0.05) is 25.4 Å². The van der Waals surface area contributed by atoms with E-state index in [1.807, 2.05) is 13.8 Å². The molecule has 1 aromatic rings. The van der Waals surface area contributed by atoms with Crippen molar-refractivity contribution in [2.45, 2.75) is 39.8 Å². The summed E-state index contributed by atoms with van der Waals surface area (Å²) in [4.78, 5) is 22.8. The number of aromatic nitrogens is 2. The van der Waals surface area contributed by atoms with Crippen molar-refractivity contribution in [1.82, 2.24) is 9.13 Å². The summed E-state index contributed by atoms with van der Waals surface area (Å²) < 4.78 is 3.04. The van der Waals surface area contributed by atoms with Crippen molar-refractivity contribution in [2.24, 2.45) is 0 Å². The molecule has 0 amide bonds. The molecule has 0 aliphatic rings. The molecule has 0 spiro atoms. The first-order valence-corrected chi connectivity index (χ1v) is 4.96. The lowest BCUT2D eigenvalue weighted by molar-refractivity contribution is -0.119. The number of rotatable bonds is 5. The van der Waals surface area contributed by atoms with Crippen LogP contribution in [-0.4, -0.2) is 14.9 Å². The number of hydrogen-bond donors (Lipinski definition) is 0. The minimum Gasteiger partial charge on any atom is -0.300 e. The van der Waals surface area contributed by atoms with Gasteiger partial charge in [-0.25, -0.2) is 4.79 Å². The second kappa shape index (κ2) is 4.79. The summed E-state index contributed by atoms with van der Waals surface area (Å²) in [6, 6.07) is 0. The van der Waals surface area contributed by atoms with Gasteiger partial charge in [0.1, 0.15) is 0 Å². The summed E-state index contributed by atoms with van der Waals surface area (Å²) >= 11 is 0. The van der Waals surface area contributed by atoms with Crippen LogP contribution in [0, 0.1) is 0 Å². The van der Waals surface area contributed by atoms with Crippen LogP contribution in [-0.2, 0) is 17.9 Å². The van der Waals surface area contributed by atoms with Crippen LogP contribution in [0.1, 0.15) is 26.7 Å². The molecule has 0 bridgehead atoms. The molecule has 0 saturated carbocycles. The number of Topliss-reactive ketones (excluding diaryl/α,β-unsaturated/α-hetero) is 1. The summed E-state index contributed by atoms with van der Waals surface area (Å²) in [5.74, 6) is 0.114. The van der Waals surface area contributed by atoms with E-state index < -0.39 is 0 Å². The van der Waals surface area contributed by atoms with Gasteiger partial charge in [-0.05, 0) is 13.3 Å². The minimum atomic E-state index is -0.100. The van der Waals surface area contributed by atoms with Crippen molar-refractivity contribution in [3.63, 3.8) is 0 Å². The van der Waals surface area contributed by atoms with Gasteiger partial charge in [0.05, 0.1) is 6.54 Å². The summed E-state index contributed by atoms with van der Waals surface area (Å²) in [5, 5.41) is 0. The first-order valence-electron chi connectivity index (χ1n) is 4.96. The summed E-state index contributed by atoms with van der Waals surface area (Å²) in [6.07, 6.45) is 4.76. The van der Waals surface area contributed by atoms with Gasteiger partial charge in [0.15, 0.2) is 5.78 Å². The van der Waals surface area contributed by atoms with E-state index in [9.17, 15) is 9.59 Å². The van der Waals surface area contributed by atoms with Crippen LogP contribution in [0.3, 0.4) is 0 Å². The van der Waals surface area contributed by atoms with Crippen LogP contribution in [0.4, 0.5) is 0 Å². The van der Waals surface area contributed by atoms with Gasteiger partial charge < -0.3 is 0 Å². The van der Waals surface area contributed by atoms with Crippen LogP contribution in [0.2, 0.25) is 0 Å². The smallest absolute Gasteiger partial charge is 0.300 e. The van der Waals surface area contributed by atoms with Crippen LogP contribution < -0.4 is 5.69 Å². The fourth-order valence-corrected chi connectivity index (χ4v) is 1.36. The largest absolute Gasteiger partial charge is 0.328 e. The Bertz CT molecular complexity index is 362. The predicted molar refractivity (Wildman–Crippen MR) is 54.3 cm³/mol. The van der Waals surface area contributed by atoms with Gasteiger partial charge in [0.2, 0.25) is 0 Å². The summed E-state index contributed by atoms with van der Waals surface area (Å²) in [7, 11) is 0. The summed E-state index contributed by atoms with van der Waals surface area (Å²) in [5.41, 5.74) is -0.100. The Labute approximate surface area is 83.2 Å². The monoisotopic (exact) mass is 196 g/mol. The molecular weight excluding hydrogens is 180 g/mol. The van der Waals surface area contributed by atoms with Crippen molar-refractivity contribution in [2.75, 3.05) is 0 Å². The molecule has 1 aromatic heterocycles. The Kier molecular flexibility index (Phi) is 3.68. The van der Waals surface area contributed by atoms with Crippen LogP contribution in [0.15, 0.2) is 17.2 Å². The molecule has 0 N–H and O–H groups in total. The van der Waals surface area contributed by atoms with Gasteiger partial charge in [0.25, 0.3) is 0 Å². The fraction of sp³-hybridized carbons (Fsp3) is 0.600. The standard InChI is InChI=1S/C10H16N2O2/c1-3-5-9(13)8-12-7-6-11(4-2)10(12)14/h6-7H,3-5,8H2,1-2H3. The average Bonchev–Trinajstić information content (AvgIpc) is 2.48. The average molecular weight is 196 g/mol. The van der Waals surface area contributed by atoms with Crippen molar-refractivity contribution >= 4 is 5.78 Å². The topological polar surface area (TPSA) is 44.0 Å². The van der Waals surface area contributed by atoms with Gasteiger partial charge in [-0.15, -0.1) is 0 Å². The first-order chi connectivity index (χ1) is 6.69. The van der Waals surface area contributed by atoms with Crippen molar-refractivity contribution in [3.05, 3.63) is 22.9 Å². The molecule has 0 fully saturated rings. The van der Waals surface area contributed by atoms with Crippen molar-refractivity contribution in [1.29, 1.82) is 0 Å². The predicted octanol–water partition coefficient (Wildman–Crippen LogP) is 1.04. The lowest BCUT2D eigenvalue weighted by atomic mass is 10.2. The molecule has 1 heterocycles. The molecular formula is C10H16N2O2. The van der Waals surface area contributed by atoms with Gasteiger partial charge in [-0.1, -0.05) is 6.92 Å². The van der Waals surface area contributed by atoms with E-state index in [-0.39, 0.29) is 18.0 Å². The number of carbonyl (C=O) groups is 1. The lowest BCUT2D eigenvalue weighted by Gasteiger charge is -1.99. The second-order valence-electron chi connectivity index (χ2n) is 3.28. The Hall–Kier alpha value is -1.32. The quantitative estimate of drug-likeness (QED) is 0.706. The third kappa shape index (κ3) is 2.34. The highest BCUT2D eigenvalue weighted by Gasteiger charge is 2.05. The number of ketones is 1. The van der Waals surface area contributed by atoms with E-state index in [4.69, 9.17) is 0 Å². The van der Waals surface area contributed by atoms with E-state index in [1.165, 1.54) is 4.57 Å². The number of carbonyl (C=O) groups excluding carboxylic acids is 1. The molecule has 14 heavy (non-hydrogen) atoms. The number of hydrogen-bond acceptors (Lipinski definition) is 2. The maximum atomic E-state index is 11.5. The highest BCUT2D eigenvalue weighted by atomic mass is 16.2. The molecule has 0 aromatic carbocycles. The van der Waals surface area contributed by atoms with E-state index >= 15 is 0 Å². The van der Waals surface area contributed by atoms with E-state index in [0.29, 0.717) is 13.0 Å². The normalized spacial score (nSPS) is 10.4. The molecule has 0 aliphatic heterocycles. The van der Waals surface area contributed by atoms with Crippen LogP contribution in [0.5, 0.6) is 0 Å². The Morgan fingerprint density at radius 3 is 2.43 bits per heavy atom. The van der Waals surface area contributed by atoms with Crippen molar-refractivity contribution in [3.8, 4) is 0 Å². The molecule has 1 rings (SSSR count). The summed E-state index contributed by atoms with van der Waals surface area (Å²) in [6.45, 7) is 4.71. The first kappa shape index (κ1) is 10.8. The van der Waals surface area contributed by atoms with Gasteiger partial charge in [-0.2, -0.15) is 0 Å². The van der Waals surface area contributed by atoms with Crippen LogP contribution in [0.25, 0.3) is 0 Å². The maximum absolute atomic E-state index is 11.5. The van der Waals surface area contributed by atoms with Gasteiger partial charge in [-0.3, -0.25) is 13.9 Å². The molecule has 0 saturated heterocycles. The zero-order valence-corrected chi connectivity index (χ0v) is 8.69. The fourth-order valence-electron chi connectivity index (χ4n) is 1.36. The SMILES string of the molecule is CCCC(=O)Cn1ccn(CC)c1=O. The zero-order chi connectivity index (χ0) is 10.6. The second-order valence-corrected chi connectivity index (χ2v) is 3.28. The molecule has 4 heteroatoms. The minimum absolute atomic E-state index is 0.100. The third-order valence-electron chi connectivity index (χ3n) is 2.13. The van der Waals surface area contributed by atoms with Crippen LogP contribution >= 0.6 is 0 Å². The van der Waals surface area contributed by atoms with Crippen molar-refractivity contribution < 1.29 is 4.79 Å².